The van der Waals surface area contributed by atoms with Gasteiger partial charge in [0.25, 0.3) is 0 Å². The third kappa shape index (κ3) is 2.83. The lowest BCUT2D eigenvalue weighted by Gasteiger charge is -2.23. The molecule has 0 bridgehead atoms. The highest BCUT2D eigenvalue weighted by Gasteiger charge is 2.54. The number of nitrogens with zero attached hydrogens (tertiary/aromatic N) is 2. The van der Waals surface area contributed by atoms with Gasteiger partial charge in [0.05, 0.1) is 17.0 Å². The molecule has 0 saturated heterocycles. The summed E-state index contributed by atoms with van der Waals surface area (Å²) in [5, 5.41) is 5.46. The maximum atomic E-state index is 2.54. The zero-order chi connectivity index (χ0) is 24.8. The van der Waals surface area contributed by atoms with Crippen molar-refractivity contribution in [1.82, 2.24) is 0 Å². The third-order valence-corrected chi connectivity index (χ3v) is 9.24. The summed E-state index contributed by atoms with van der Waals surface area (Å²) in [7, 11) is 0. The van der Waals surface area contributed by atoms with Gasteiger partial charge in [-0.2, -0.15) is 9.13 Å². The van der Waals surface area contributed by atoms with Crippen molar-refractivity contribution in [2.75, 3.05) is 0 Å². The molecule has 2 aromatic heterocycles. The molecule has 1 saturated carbocycles. The number of fused-ring (bicyclic) bond motifs is 13. The number of hydrogen-bond donors (Lipinski definition) is 0. The average molecular weight is 489 g/mol. The summed E-state index contributed by atoms with van der Waals surface area (Å²) in [4.78, 5) is 0. The predicted octanol–water partition coefficient (Wildman–Crippen LogP) is 7.09. The Bertz CT molecular complexity index is 1950. The minimum atomic E-state index is 0.604. The van der Waals surface area contributed by atoms with Gasteiger partial charge in [0.2, 0.25) is 11.4 Å². The van der Waals surface area contributed by atoms with Crippen LogP contribution >= 0.6 is 0 Å². The van der Waals surface area contributed by atoms with Crippen LogP contribution in [0.3, 0.4) is 0 Å². The molecule has 1 fully saturated rings. The maximum Gasteiger partial charge on any atom is 0.213 e. The third-order valence-electron chi connectivity index (χ3n) is 9.24. The van der Waals surface area contributed by atoms with Gasteiger partial charge in [-0.3, -0.25) is 0 Å². The van der Waals surface area contributed by atoms with Crippen molar-refractivity contribution in [2.24, 2.45) is 0 Å². The zero-order valence-electron chi connectivity index (χ0n) is 21.3. The standard InChI is InChI=1S/C36H28N2/c1-3-11-27-23(9-1)19-25(29-15-18-37-16-7-5-13-31(37)35(27)29)21-26-20-24-10-2-4-12-28(24)36-32-14-6-8-17-38(32)33-22-30(33)34(26)36/h1-14,16-17,19-20,30,33H,15,18,21-22H2/q+2. The van der Waals surface area contributed by atoms with E-state index in [1.54, 1.807) is 5.56 Å². The molecule has 2 unspecified atom stereocenters. The lowest BCUT2D eigenvalue weighted by atomic mass is 9.82. The van der Waals surface area contributed by atoms with E-state index in [1.165, 1.54) is 67.2 Å². The van der Waals surface area contributed by atoms with Gasteiger partial charge < -0.3 is 0 Å². The molecule has 180 valence electrons. The smallest absolute Gasteiger partial charge is 0.198 e. The van der Waals surface area contributed by atoms with Gasteiger partial charge >= 0.3 is 0 Å². The van der Waals surface area contributed by atoms with Gasteiger partial charge in [0.15, 0.2) is 25.0 Å². The highest BCUT2D eigenvalue weighted by atomic mass is 15.1. The van der Waals surface area contributed by atoms with E-state index in [0.29, 0.717) is 12.0 Å². The van der Waals surface area contributed by atoms with Crippen molar-refractivity contribution < 1.29 is 9.13 Å². The molecule has 0 spiro atoms. The molecule has 4 aromatic carbocycles. The Labute approximate surface area is 222 Å². The minimum Gasteiger partial charge on any atom is -0.198 e. The monoisotopic (exact) mass is 488 g/mol. The molecule has 2 atom stereocenters. The summed E-state index contributed by atoms with van der Waals surface area (Å²) >= 11 is 0. The Kier molecular flexibility index (Phi) is 4.15. The van der Waals surface area contributed by atoms with E-state index in [9.17, 15) is 0 Å². The lowest BCUT2D eigenvalue weighted by molar-refractivity contribution is -0.692. The van der Waals surface area contributed by atoms with E-state index in [1.807, 2.05) is 0 Å². The van der Waals surface area contributed by atoms with E-state index < -0.39 is 0 Å². The highest BCUT2D eigenvalue weighted by Crippen LogP contribution is 2.57. The quantitative estimate of drug-likeness (QED) is 0.230. The second kappa shape index (κ2) is 7.61. The lowest BCUT2D eigenvalue weighted by Crippen LogP contribution is -2.40. The first kappa shape index (κ1) is 20.7. The van der Waals surface area contributed by atoms with E-state index >= 15 is 0 Å². The second-order valence-corrected chi connectivity index (χ2v) is 11.3. The summed E-state index contributed by atoms with van der Waals surface area (Å²) in [5.74, 6) is 0.622. The Morgan fingerprint density at radius 1 is 0.658 bits per heavy atom. The number of aromatic nitrogens is 2. The molecule has 2 heteroatoms. The minimum absolute atomic E-state index is 0.604. The van der Waals surface area contributed by atoms with Gasteiger partial charge in [0.1, 0.15) is 0 Å². The van der Waals surface area contributed by atoms with Crippen LogP contribution in [0.25, 0.3) is 44.1 Å². The first-order chi connectivity index (χ1) is 18.8. The van der Waals surface area contributed by atoms with Crippen molar-refractivity contribution in [3.63, 3.8) is 0 Å². The van der Waals surface area contributed by atoms with E-state index in [0.717, 1.165) is 19.4 Å². The summed E-state index contributed by atoms with van der Waals surface area (Å²) in [6.45, 7) is 1.04. The van der Waals surface area contributed by atoms with Crippen LogP contribution in [-0.4, -0.2) is 0 Å². The second-order valence-electron chi connectivity index (χ2n) is 11.3. The topological polar surface area (TPSA) is 7.76 Å². The fraction of sp³-hybridized carbons (Fsp3) is 0.167. The molecular formula is C36H28N2+2. The SMILES string of the molecule is c1cc[n+]2c(c1)-c1c(c(Cc3cc4ccccc4c4c3C3CC3[n+]3ccccc3-4)cc3ccccc13)CC2. The first-order valence-electron chi connectivity index (χ1n) is 13.9. The number of benzene rings is 4. The summed E-state index contributed by atoms with van der Waals surface area (Å²) in [5.41, 5.74) is 11.8. The molecule has 0 radical (unpaired) electrons. The van der Waals surface area contributed by atoms with Crippen LogP contribution in [0.1, 0.15) is 40.6 Å². The van der Waals surface area contributed by atoms with E-state index in [4.69, 9.17) is 0 Å². The summed E-state index contributed by atoms with van der Waals surface area (Å²) < 4.78 is 4.97. The van der Waals surface area contributed by atoms with Gasteiger partial charge in [-0.15, -0.1) is 0 Å². The van der Waals surface area contributed by atoms with Gasteiger partial charge in [0, 0.05) is 37.1 Å². The summed E-state index contributed by atoms with van der Waals surface area (Å²) in [6.07, 6.45) is 7.85. The zero-order valence-corrected chi connectivity index (χ0v) is 21.3. The summed E-state index contributed by atoms with van der Waals surface area (Å²) in [6, 6.07) is 36.9. The normalized spacial score (nSPS) is 18.3. The fourth-order valence-electron chi connectivity index (χ4n) is 7.54. The Morgan fingerprint density at radius 2 is 1.34 bits per heavy atom. The molecule has 4 heterocycles. The predicted molar refractivity (Wildman–Crippen MR) is 152 cm³/mol. The van der Waals surface area contributed by atoms with Crippen LogP contribution in [0, 0.1) is 0 Å². The Balaban J connectivity index is 1.31. The van der Waals surface area contributed by atoms with E-state index in [-0.39, 0.29) is 0 Å². The number of pyridine rings is 2. The number of aryl methyl sites for hydroxylation is 1. The molecule has 2 nitrogen and oxygen atoms in total. The van der Waals surface area contributed by atoms with E-state index in [2.05, 4.69) is 119 Å². The van der Waals surface area contributed by atoms with Gasteiger partial charge in [-0.1, -0.05) is 60.7 Å². The van der Waals surface area contributed by atoms with Crippen LogP contribution in [0.15, 0.2) is 109 Å². The number of rotatable bonds is 2. The molecule has 1 aliphatic carbocycles. The van der Waals surface area contributed by atoms with Crippen LogP contribution in [0.4, 0.5) is 0 Å². The molecule has 38 heavy (non-hydrogen) atoms. The maximum absolute atomic E-state index is 2.54. The molecule has 6 aromatic rings. The van der Waals surface area contributed by atoms with Crippen LogP contribution in [-0.2, 0) is 19.4 Å². The molecule has 0 amide bonds. The Hall–Kier alpha value is -4.30. The average Bonchev–Trinajstić information content (AvgIpc) is 3.78. The van der Waals surface area contributed by atoms with Crippen molar-refractivity contribution >= 4 is 21.5 Å². The Morgan fingerprint density at radius 3 is 2.18 bits per heavy atom. The molecule has 2 aliphatic heterocycles. The molecule has 0 N–H and O–H groups in total. The largest absolute Gasteiger partial charge is 0.213 e. The van der Waals surface area contributed by atoms with Gasteiger partial charge in [-0.05, 0) is 62.4 Å². The molecule has 9 rings (SSSR count). The first-order valence-corrected chi connectivity index (χ1v) is 13.9. The van der Waals surface area contributed by atoms with Gasteiger partial charge in [-0.25, -0.2) is 0 Å². The van der Waals surface area contributed by atoms with Crippen molar-refractivity contribution in [3.8, 4) is 22.5 Å². The van der Waals surface area contributed by atoms with Crippen molar-refractivity contribution in [2.45, 2.75) is 37.8 Å². The van der Waals surface area contributed by atoms with Crippen molar-refractivity contribution in [3.05, 3.63) is 132 Å². The van der Waals surface area contributed by atoms with Crippen LogP contribution in [0.2, 0.25) is 0 Å². The number of hydrogen-bond acceptors (Lipinski definition) is 0. The fourth-order valence-corrected chi connectivity index (χ4v) is 7.54. The van der Waals surface area contributed by atoms with Crippen LogP contribution < -0.4 is 9.13 Å². The van der Waals surface area contributed by atoms with Crippen molar-refractivity contribution in [1.29, 1.82) is 0 Å². The highest BCUT2D eigenvalue weighted by molar-refractivity contribution is 6.00. The molecule has 3 aliphatic rings. The molecular weight excluding hydrogens is 460 g/mol. The van der Waals surface area contributed by atoms with Crippen LogP contribution in [0.5, 0.6) is 0 Å².